The predicted molar refractivity (Wildman–Crippen MR) is 200 cm³/mol. The molecule has 0 saturated heterocycles. The monoisotopic (exact) mass is 704 g/mol. The summed E-state index contributed by atoms with van der Waals surface area (Å²) >= 11 is 0. The molecule has 11 heteroatoms. The Morgan fingerprint density at radius 3 is 1.65 bits per heavy atom. The number of unbranched alkanes of at least 4 members (excludes halogenated alkanes) is 14. The van der Waals surface area contributed by atoms with Crippen molar-refractivity contribution in [3.05, 3.63) is 71.5 Å². The molecule has 3 aromatic rings. The minimum atomic E-state index is -1.28. The molecular weight excluding hydrogens is 648 g/mol. The topological polar surface area (TPSA) is 149 Å². The first-order valence-electron chi connectivity index (χ1n) is 18.7. The number of carbonyl (C=O) groups is 3. The number of rotatable bonds is 26. The lowest BCUT2D eigenvalue weighted by molar-refractivity contribution is 0.0689. The number of nitrogens with zero attached hydrogens (tertiary/aromatic N) is 2. The fraction of sp³-hybridized carbons (Fsp3) is 0.525. The molecule has 0 saturated carbocycles. The number of anilines is 2. The maximum Gasteiger partial charge on any atom is 0.413 e. The van der Waals surface area contributed by atoms with Gasteiger partial charge in [-0.1, -0.05) is 134 Å². The highest BCUT2D eigenvalue weighted by molar-refractivity contribution is 6.03. The van der Waals surface area contributed by atoms with Crippen molar-refractivity contribution < 1.29 is 33.7 Å². The van der Waals surface area contributed by atoms with Crippen LogP contribution < -0.4 is 20.1 Å². The molecule has 11 nitrogen and oxygen atoms in total. The quantitative estimate of drug-likeness (QED) is 0.0694. The summed E-state index contributed by atoms with van der Waals surface area (Å²) in [6.07, 6.45) is 17.6. The van der Waals surface area contributed by atoms with Gasteiger partial charge < -0.3 is 24.6 Å². The van der Waals surface area contributed by atoms with E-state index in [1.807, 2.05) is 30.3 Å². The van der Waals surface area contributed by atoms with E-state index >= 15 is 0 Å². The zero-order valence-electron chi connectivity index (χ0n) is 30.4. The van der Waals surface area contributed by atoms with Crippen molar-refractivity contribution in [2.45, 2.75) is 123 Å². The third-order valence-corrected chi connectivity index (χ3v) is 8.27. The van der Waals surface area contributed by atoms with Crippen LogP contribution in [0.2, 0.25) is 0 Å². The molecule has 0 fully saturated rings. The molecule has 1 aromatic carbocycles. The van der Waals surface area contributed by atoms with Gasteiger partial charge in [-0.05, 0) is 18.4 Å². The van der Waals surface area contributed by atoms with Gasteiger partial charge >= 0.3 is 12.1 Å². The van der Waals surface area contributed by atoms with Crippen LogP contribution in [0.3, 0.4) is 0 Å². The van der Waals surface area contributed by atoms with Crippen molar-refractivity contribution in [3.8, 4) is 11.5 Å². The number of ether oxygens (including phenoxy) is 3. The molecule has 0 aliphatic rings. The zero-order chi connectivity index (χ0) is 36.5. The lowest BCUT2D eigenvalue weighted by atomic mass is 10.1. The molecule has 0 unspecified atom stereocenters. The second kappa shape index (κ2) is 24.5. The van der Waals surface area contributed by atoms with E-state index in [1.54, 1.807) is 12.1 Å². The van der Waals surface area contributed by atoms with Crippen LogP contribution in [-0.2, 0) is 11.3 Å². The van der Waals surface area contributed by atoms with Crippen molar-refractivity contribution >= 4 is 29.6 Å². The molecule has 0 bridgehead atoms. The first-order valence-corrected chi connectivity index (χ1v) is 18.7. The van der Waals surface area contributed by atoms with Gasteiger partial charge in [0.2, 0.25) is 0 Å². The number of hydrogen-bond acceptors (Lipinski definition) is 8. The first-order chi connectivity index (χ1) is 24.9. The highest BCUT2D eigenvalue weighted by atomic mass is 16.5. The van der Waals surface area contributed by atoms with Crippen molar-refractivity contribution in [2.24, 2.45) is 0 Å². The van der Waals surface area contributed by atoms with Crippen LogP contribution in [0.4, 0.5) is 16.4 Å². The van der Waals surface area contributed by atoms with Gasteiger partial charge in [-0.3, -0.25) is 10.1 Å². The summed E-state index contributed by atoms with van der Waals surface area (Å²) in [7, 11) is 0. The van der Waals surface area contributed by atoms with Gasteiger partial charge in [0, 0.05) is 24.3 Å². The van der Waals surface area contributed by atoms with Crippen molar-refractivity contribution in [1.82, 2.24) is 9.97 Å². The third-order valence-electron chi connectivity index (χ3n) is 8.27. The fourth-order valence-electron chi connectivity index (χ4n) is 5.43. The lowest BCUT2D eigenvalue weighted by Gasteiger charge is -2.13. The molecule has 0 radical (unpaired) electrons. The van der Waals surface area contributed by atoms with Crippen LogP contribution in [0.25, 0.3) is 0 Å². The zero-order valence-corrected chi connectivity index (χ0v) is 30.4. The summed E-state index contributed by atoms with van der Waals surface area (Å²) in [6.45, 7) is 5.33. The van der Waals surface area contributed by atoms with Crippen LogP contribution in [0.1, 0.15) is 143 Å². The molecule has 278 valence electrons. The summed E-state index contributed by atoms with van der Waals surface area (Å²) in [5.41, 5.74) is 0.366. The van der Waals surface area contributed by atoms with Crippen LogP contribution in [-0.4, -0.2) is 46.3 Å². The molecule has 51 heavy (non-hydrogen) atoms. The summed E-state index contributed by atoms with van der Waals surface area (Å²) in [5.74, 6) is -1.15. The second-order valence-corrected chi connectivity index (χ2v) is 12.7. The van der Waals surface area contributed by atoms with Crippen molar-refractivity contribution in [2.75, 3.05) is 23.8 Å². The first kappa shape index (κ1) is 40.8. The number of hydrogen-bond donors (Lipinski definition) is 3. The molecule has 0 spiro atoms. The minimum absolute atomic E-state index is 0.0694. The average Bonchev–Trinajstić information content (AvgIpc) is 3.13. The third kappa shape index (κ3) is 17.2. The SMILES string of the molecule is CCCCCCCCCCOc1cc(NC(=O)OCc2ccccc2)nc(NC(=O)c2cc(OCCCCCCCCCC)cc(C(=O)O)n2)c1. The minimum Gasteiger partial charge on any atom is -0.493 e. The van der Waals surface area contributed by atoms with E-state index in [4.69, 9.17) is 14.2 Å². The molecule has 3 rings (SSSR count). The molecule has 2 aromatic heterocycles. The molecule has 0 aliphatic carbocycles. The van der Waals surface area contributed by atoms with Gasteiger partial charge in [-0.2, -0.15) is 0 Å². The molecule has 0 aliphatic heterocycles. The van der Waals surface area contributed by atoms with Crippen molar-refractivity contribution in [3.63, 3.8) is 0 Å². The maximum atomic E-state index is 13.4. The van der Waals surface area contributed by atoms with Crippen LogP contribution >= 0.6 is 0 Å². The predicted octanol–water partition coefficient (Wildman–Crippen LogP) is 10.2. The second-order valence-electron chi connectivity index (χ2n) is 12.7. The van der Waals surface area contributed by atoms with Gasteiger partial charge in [-0.25, -0.2) is 19.6 Å². The van der Waals surface area contributed by atoms with Crippen LogP contribution in [0.5, 0.6) is 11.5 Å². The molecule has 2 amide bonds. The van der Waals surface area contributed by atoms with Crippen LogP contribution in [0, 0.1) is 0 Å². The number of amides is 2. The maximum absolute atomic E-state index is 13.4. The number of aromatic nitrogens is 2. The normalized spacial score (nSPS) is 10.8. The van der Waals surface area contributed by atoms with E-state index in [9.17, 15) is 19.5 Å². The molecule has 0 atom stereocenters. The van der Waals surface area contributed by atoms with Gasteiger partial charge in [0.15, 0.2) is 5.69 Å². The number of carboxylic acids is 1. The largest absolute Gasteiger partial charge is 0.493 e. The van der Waals surface area contributed by atoms with Gasteiger partial charge in [0.05, 0.1) is 13.2 Å². The van der Waals surface area contributed by atoms with Gasteiger partial charge in [0.25, 0.3) is 5.91 Å². The number of carbonyl (C=O) groups excluding carboxylic acids is 2. The lowest BCUT2D eigenvalue weighted by Crippen LogP contribution is -2.18. The molecule has 2 heterocycles. The van der Waals surface area contributed by atoms with E-state index in [0.717, 1.165) is 44.1 Å². The van der Waals surface area contributed by atoms with Gasteiger partial charge in [-0.15, -0.1) is 0 Å². The highest BCUT2D eigenvalue weighted by Gasteiger charge is 2.17. The van der Waals surface area contributed by atoms with E-state index in [1.165, 1.54) is 76.3 Å². The van der Waals surface area contributed by atoms with E-state index < -0.39 is 18.0 Å². The summed E-state index contributed by atoms with van der Waals surface area (Å²) in [6, 6.07) is 15.1. The highest BCUT2D eigenvalue weighted by Crippen LogP contribution is 2.23. The molecule has 3 N–H and O–H groups in total. The Balaban J connectivity index is 1.64. The number of carboxylic acid groups (broad SMARTS) is 1. The Kier molecular flexibility index (Phi) is 19.6. The Labute approximate surface area is 302 Å². The van der Waals surface area contributed by atoms with Crippen LogP contribution in [0.15, 0.2) is 54.6 Å². The Hall–Kier alpha value is -4.67. The summed E-state index contributed by atoms with van der Waals surface area (Å²) in [4.78, 5) is 46.3. The van der Waals surface area contributed by atoms with Crippen molar-refractivity contribution in [1.29, 1.82) is 0 Å². The Bertz CT molecular complexity index is 1470. The fourth-order valence-corrected chi connectivity index (χ4v) is 5.43. The summed E-state index contributed by atoms with van der Waals surface area (Å²) < 4.78 is 17.2. The average molecular weight is 705 g/mol. The standard InChI is InChI=1S/C40H56N4O7/c1-3-5-7-9-11-13-15-20-24-49-32-26-34(41-35(27-32)39(46)47)38(45)43-36-28-33(50-25-21-16-14-12-10-8-6-4-2)29-37(42-36)44-40(48)51-30-31-22-18-17-19-23-31/h17-19,22-23,26-29H,3-16,20-21,24-25,30H2,1-2H3,(H,46,47)(H2,42,43,44,45,48). The smallest absolute Gasteiger partial charge is 0.413 e. The number of nitrogens with one attached hydrogen (secondary N) is 2. The van der Waals surface area contributed by atoms with E-state index in [0.29, 0.717) is 19.0 Å². The number of benzene rings is 1. The Morgan fingerprint density at radius 2 is 1.10 bits per heavy atom. The summed E-state index contributed by atoms with van der Waals surface area (Å²) in [5, 5.41) is 14.9. The Morgan fingerprint density at radius 1 is 0.608 bits per heavy atom. The molecular formula is C40H56N4O7. The van der Waals surface area contributed by atoms with E-state index in [2.05, 4.69) is 34.4 Å². The number of aromatic carboxylic acids is 1. The van der Waals surface area contributed by atoms with Gasteiger partial charge in [0.1, 0.15) is 35.4 Å². The van der Waals surface area contributed by atoms with E-state index in [-0.39, 0.29) is 35.4 Å². The number of pyridine rings is 2.